The topological polar surface area (TPSA) is 63.2 Å². The van der Waals surface area contributed by atoms with Gasteiger partial charge in [0.15, 0.2) is 5.79 Å². The Morgan fingerprint density at radius 2 is 1.77 bits per heavy atom. The second-order valence-electron chi connectivity index (χ2n) is 10.9. The minimum absolute atomic E-state index is 0.00462. The predicted molar refractivity (Wildman–Crippen MR) is 110 cm³/mol. The van der Waals surface area contributed by atoms with Crippen molar-refractivity contribution in [2.75, 3.05) is 21.3 Å². The largest absolute Gasteiger partial charge is 0.468 e. The lowest BCUT2D eigenvalue weighted by atomic mass is 9.72. The summed E-state index contributed by atoms with van der Waals surface area (Å²) in [6.07, 6.45) is 5.14. The molecule has 0 aromatic carbocycles. The van der Waals surface area contributed by atoms with E-state index in [1.165, 1.54) is 12.7 Å². The highest BCUT2D eigenvalue weighted by Gasteiger charge is 2.83. The summed E-state index contributed by atoms with van der Waals surface area (Å²) in [5, 5.41) is 0. The SMILES string of the molecule is COC(=O)[C@@]12[C@@H](OC)C=C3[C@@H](C[C@@H]4OC(C)(C)O[C@@H]4[C@H]4[C@@H](OC)CC[C@@H]34)[C@@H]1C2(C)C. The molecule has 5 rings (SSSR count). The molecule has 1 aliphatic heterocycles. The van der Waals surface area contributed by atoms with Crippen LogP contribution in [0.25, 0.3) is 0 Å². The van der Waals surface area contributed by atoms with Crippen LogP contribution in [-0.2, 0) is 28.5 Å². The van der Waals surface area contributed by atoms with Gasteiger partial charge in [0.05, 0.1) is 31.5 Å². The number of hydrogen-bond acceptors (Lipinski definition) is 6. The molecule has 30 heavy (non-hydrogen) atoms. The Hall–Kier alpha value is -0.950. The van der Waals surface area contributed by atoms with E-state index in [2.05, 4.69) is 19.9 Å². The fourth-order valence-electron chi connectivity index (χ4n) is 8.14. The van der Waals surface area contributed by atoms with E-state index in [0.717, 1.165) is 19.3 Å². The van der Waals surface area contributed by atoms with Crippen LogP contribution in [0.2, 0.25) is 0 Å². The highest BCUT2D eigenvalue weighted by atomic mass is 16.8. The molecule has 6 heteroatoms. The summed E-state index contributed by atoms with van der Waals surface area (Å²) in [4.78, 5) is 13.1. The number of hydrogen-bond donors (Lipinski definition) is 0. The lowest BCUT2D eigenvalue weighted by molar-refractivity contribution is -0.159. The maximum absolute atomic E-state index is 13.1. The molecule has 9 atom stereocenters. The monoisotopic (exact) mass is 420 g/mol. The van der Waals surface area contributed by atoms with Crippen LogP contribution < -0.4 is 0 Å². The first-order valence-corrected chi connectivity index (χ1v) is 11.3. The molecular weight excluding hydrogens is 384 g/mol. The Morgan fingerprint density at radius 3 is 2.40 bits per heavy atom. The van der Waals surface area contributed by atoms with E-state index in [-0.39, 0.29) is 53.6 Å². The fourth-order valence-corrected chi connectivity index (χ4v) is 8.14. The van der Waals surface area contributed by atoms with E-state index in [4.69, 9.17) is 23.7 Å². The average Bonchev–Trinajstić information content (AvgIpc) is 2.96. The summed E-state index contributed by atoms with van der Waals surface area (Å²) in [6, 6.07) is 0. The number of carbonyl (C=O) groups excluding carboxylic acids is 1. The van der Waals surface area contributed by atoms with Gasteiger partial charge in [-0.25, -0.2) is 0 Å². The van der Waals surface area contributed by atoms with E-state index < -0.39 is 11.2 Å². The second-order valence-corrected chi connectivity index (χ2v) is 10.9. The Kier molecular flexibility index (Phi) is 4.56. The van der Waals surface area contributed by atoms with Gasteiger partial charge >= 0.3 is 5.97 Å². The van der Waals surface area contributed by atoms with Crippen LogP contribution in [0.4, 0.5) is 0 Å². The van der Waals surface area contributed by atoms with Gasteiger partial charge in [-0.1, -0.05) is 25.5 Å². The third-order valence-electron chi connectivity index (χ3n) is 9.13. The number of carbonyl (C=O) groups is 1. The third-order valence-corrected chi connectivity index (χ3v) is 9.13. The smallest absolute Gasteiger partial charge is 0.315 e. The summed E-state index contributed by atoms with van der Waals surface area (Å²) < 4.78 is 30.1. The summed E-state index contributed by atoms with van der Waals surface area (Å²) in [7, 11) is 5.01. The molecule has 4 aliphatic carbocycles. The Balaban J connectivity index is 1.62. The number of ether oxygens (including phenoxy) is 5. The van der Waals surface area contributed by atoms with Gasteiger partial charge in [-0.05, 0) is 56.3 Å². The van der Waals surface area contributed by atoms with Crippen molar-refractivity contribution in [2.45, 2.75) is 77.2 Å². The van der Waals surface area contributed by atoms with Crippen molar-refractivity contribution in [3.8, 4) is 0 Å². The van der Waals surface area contributed by atoms with Gasteiger partial charge in [-0.3, -0.25) is 4.79 Å². The van der Waals surface area contributed by atoms with Crippen LogP contribution in [-0.4, -0.2) is 57.5 Å². The number of fused-ring (bicyclic) bond motifs is 7. The van der Waals surface area contributed by atoms with E-state index in [1.54, 1.807) is 7.11 Å². The number of esters is 1. The molecule has 6 nitrogen and oxygen atoms in total. The molecule has 3 saturated carbocycles. The lowest BCUT2D eigenvalue weighted by Crippen LogP contribution is -2.41. The molecule has 1 heterocycles. The first-order valence-electron chi connectivity index (χ1n) is 11.3. The van der Waals surface area contributed by atoms with Gasteiger partial charge < -0.3 is 23.7 Å². The standard InChI is InChI=1S/C24H36O6/c1-22(2)20-14-10-16-19(30-23(3,4)29-16)18-12(8-9-15(18)26-5)13(14)11-17(27-6)24(20,22)21(25)28-7/h11-12,14-20H,8-10H2,1-7H3/t12-,14+,15-,16-,17-,18+,19-,20+,24+/m0/s1. The van der Waals surface area contributed by atoms with E-state index >= 15 is 0 Å². The number of allylic oxidation sites excluding steroid dienone is 1. The normalized spacial score (nSPS) is 49.8. The zero-order chi connectivity index (χ0) is 21.6. The molecule has 0 radical (unpaired) electrons. The minimum Gasteiger partial charge on any atom is -0.468 e. The molecule has 0 aromatic rings. The first-order chi connectivity index (χ1) is 14.1. The fraction of sp³-hybridized carbons (Fsp3) is 0.875. The van der Waals surface area contributed by atoms with Crippen molar-refractivity contribution in [2.24, 2.45) is 34.5 Å². The third kappa shape index (κ3) is 2.42. The van der Waals surface area contributed by atoms with Gasteiger partial charge in [-0.15, -0.1) is 0 Å². The van der Waals surface area contributed by atoms with Crippen molar-refractivity contribution < 1.29 is 28.5 Å². The predicted octanol–water partition coefficient (Wildman–Crippen LogP) is 3.34. The molecule has 0 bridgehead atoms. The number of methoxy groups -OCH3 is 3. The van der Waals surface area contributed by atoms with Crippen LogP contribution in [0.3, 0.4) is 0 Å². The Bertz CT molecular complexity index is 772. The molecule has 5 aliphatic rings. The van der Waals surface area contributed by atoms with Crippen LogP contribution in [0.1, 0.15) is 47.0 Å². The van der Waals surface area contributed by atoms with Gasteiger partial charge in [0.1, 0.15) is 5.41 Å². The summed E-state index contributed by atoms with van der Waals surface area (Å²) in [6.45, 7) is 8.40. The van der Waals surface area contributed by atoms with Crippen molar-refractivity contribution in [1.82, 2.24) is 0 Å². The molecular formula is C24H36O6. The van der Waals surface area contributed by atoms with Crippen molar-refractivity contribution >= 4 is 5.97 Å². The quantitative estimate of drug-likeness (QED) is 0.516. The van der Waals surface area contributed by atoms with E-state index in [9.17, 15) is 4.79 Å². The Labute approximate surface area is 179 Å². The summed E-state index contributed by atoms with van der Waals surface area (Å²) in [5.74, 6) is 0.337. The average molecular weight is 421 g/mol. The van der Waals surface area contributed by atoms with Gasteiger partial charge in [-0.2, -0.15) is 0 Å². The molecule has 0 spiro atoms. The van der Waals surface area contributed by atoms with Gasteiger partial charge in [0.2, 0.25) is 0 Å². The van der Waals surface area contributed by atoms with Crippen LogP contribution in [0, 0.1) is 34.5 Å². The lowest BCUT2D eigenvalue weighted by Gasteiger charge is -2.36. The first kappa shape index (κ1) is 20.9. The summed E-state index contributed by atoms with van der Waals surface area (Å²) in [5.41, 5.74) is 0.600. The molecule has 4 fully saturated rings. The molecule has 0 amide bonds. The zero-order valence-corrected chi connectivity index (χ0v) is 19.3. The van der Waals surface area contributed by atoms with Crippen molar-refractivity contribution in [3.05, 3.63) is 11.6 Å². The van der Waals surface area contributed by atoms with Crippen molar-refractivity contribution in [3.63, 3.8) is 0 Å². The summed E-state index contributed by atoms with van der Waals surface area (Å²) >= 11 is 0. The molecule has 1 saturated heterocycles. The Morgan fingerprint density at radius 1 is 1.03 bits per heavy atom. The zero-order valence-electron chi connectivity index (χ0n) is 19.3. The maximum atomic E-state index is 13.1. The van der Waals surface area contributed by atoms with E-state index in [0.29, 0.717) is 5.92 Å². The molecule has 0 N–H and O–H groups in total. The van der Waals surface area contributed by atoms with Gasteiger partial charge in [0, 0.05) is 20.1 Å². The van der Waals surface area contributed by atoms with E-state index in [1.807, 2.05) is 21.0 Å². The second kappa shape index (κ2) is 6.53. The molecule has 168 valence electrons. The van der Waals surface area contributed by atoms with Gasteiger partial charge in [0.25, 0.3) is 0 Å². The van der Waals surface area contributed by atoms with Crippen LogP contribution in [0.5, 0.6) is 0 Å². The highest BCUT2D eigenvalue weighted by Crippen LogP contribution is 2.78. The van der Waals surface area contributed by atoms with Crippen molar-refractivity contribution in [1.29, 1.82) is 0 Å². The highest BCUT2D eigenvalue weighted by molar-refractivity contribution is 5.85. The van der Waals surface area contributed by atoms with Crippen LogP contribution >= 0.6 is 0 Å². The molecule has 0 aromatic heterocycles. The van der Waals surface area contributed by atoms with Crippen LogP contribution in [0.15, 0.2) is 11.6 Å². The minimum atomic E-state index is -0.631. The molecule has 0 unspecified atom stereocenters. The maximum Gasteiger partial charge on any atom is 0.315 e. The number of rotatable bonds is 3.